The predicted molar refractivity (Wildman–Crippen MR) is 68.4 cm³/mol. The van der Waals surface area contributed by atoms with Crippen molar-refractivity contribution in [3.8, 4) is 0 Å². The largest absolute Gasteiger partial charge is 0.393 e. The smallest absolute Gasteiger partial charge is 0.0580 e. The Morgan fingerprint density at radius 3 is 2.73 bits per heavy atom. The monoisotopic (exact) mass is 231 g/mol. The van der Waals surface area contributed by atoms with Crippen LogP contribution >= 0.6 is 11.8 Å². The van der Waals surface area contributed by atoms with Gasteiger partial charge in [0, 0.05) is 12.6 Å². The Balaban J connectivity index is 2.24. The second-order valence-corrected chi connectivity index (χ2v) is 5.81. The first kappa shape index (κ1) is 13.3. The lowest BCUT2D eigenvalue weighted by Crippen LogP contribution is -2.36. The second kappa shape index (κ2) is 6.77. The van der Waals surface area contributed by atoms with E-state index in [1.807, 2.05) is 11.8 Å². The number of rotatable bonds is 6. The third kappa shape index (κ3) is 4.33. The van der Waals surface area contributed by atoms with Gasteiger partial charge in [-0.15, -0.1) is 0 Å². The molecule has 0 aromatic rings. The van der Waals surface area contributed by atoms with Crippen molar-refractivity contribution in [3.63, 3.8) is 0 Å². The molecule has 3 atom stereocenters. The van der Waals surface area contributed by atoms with Gasteiger partial charge in [-0.25, -0.2) is 0 Å². The Bertz CT molecular complexity index is 177. The molecule has 0 heterocycles. The molecule has 1 aliphatic rings. The predicted octanol–water partition coefficient (Wildman–Crippen LogP) is 2.22. The van der Waals surface area contributed by atoms with Crippen LogP contribution in [0, 0.1) is 5.92 Å². The van der Waals surface area contributed by atoms with Gasteiger partial charge >= 0.3 is 0 Å². The molecule has 0 bridgehead atoms. The number of hydrogen-bond donors (Lipinski definition) is 1. The van der Waals surface area contributed by atoms with Crippen LogP contribution in [0.5, 0.6) is 0 Å². The van der Waals surface area contributed by atoms with E-state index in [4.69, 9.17) is 0 Å². The van der Waals surface area contributed by atoms with Crippen molar-refractivity contribution in [3.05, 3.63) is 0 Å². The van der Waals surface area contributed by atoms with Gasteiger partial charge in [0.2, 0.25) is 0 Å². The zero-order chi connectivity index (χ0) is 11.3. The summed E-state index contributed by atoms with van der Waals surface area (Å²) in [5.41, 5.74) is 0. The Morgan fingerprint density at radius 1 is 1.47 bits per heavy atom. The third-order valence-electron chi connectivity index (χ3n) is 3.63. The summed E-state index contributed by atoms with van der Waals surface area (Å²) in [6, 6.07) is 0.644. The van der Waals surface area contributed by atoms with Crippen LogP contribution in [0.4, 0.5) is 0 Å². The van der Waals surface area contributed by atoms with Crippen molar-refractivity contribution in [1.82, 2.24) is 4.90 Å². The van der Waals surface area contributed by atoms with Gasteiger partial charge in [-0.05, 0) is 51.2 Å². The first-order chi connectivity index (χ1) is 7.15. The highest BCUT2D eigenvalue weighted by molar-refractivity contribution is 7.98. The fraction of sp³-hybridized carbons (Fsp3) is 1.00. The summed E-state index contributed by atoms with van der Waals surface area (Å²) >= 11 is 1.91. The van der Waals surface area contributed by atoms with Gasteiger partial charge in [0.15, 0.2) is 0 Å². The van der Waals surface area contributed by atoms with Crippen molar-refractivity contribution in [1.29, 1.82) is 0 Å². The lowest BCUT2D eigenvalue weighted by molar-refractivity contribution is 0.0986. The van der Waals surface area contributed by atoms with E-state index in [0.717, 1.165) is 13.0 Å². The molecular weight excluding hydrogens is 206 g/mol. The number of aliphatic hydroxyl groups is 1. The van der Waals surface area contributed by atoms with Crippen molar-refractivity contribution in [2.24, 2.45) is 5.92 Å². The van der Waals surface area contributed by atoms with Crippen molar-refractivity contribution < 1.29 is 5.11 Å². The van der Waals surface area contributed by atoms with Crippen LogP contribution in [0.25, 0.3) is 0 Å². The molecule has 1 N–H and O–H groups in total. The number of aliphatic hydroxyl groups excluding tert-OH is 1. The van der Waals surface area contributed by atoms with E-state index >= 15 is 0 Å². The van der Waals surface area contributed by atoms with E-state index in [-0.39, 0.29) is 6.10 Å². The maximum absolute atomic E-state index is 9.76. The first-order valence-corrected chi connectivity index (χ1v) is 7.41. The summed E-state index contributed by atoms with van der Waals surface area (Å²) in [6.07, 6.45) is 6.80. The average Bonchev–Trinajstić information content (AvgIpc) is 2.61. The normalized spacial score (nSPS) is 28.6. The van der Waals surface area contributed by atoms with E-state index in [0.29, 0.717) is 12.0 Å². The molecule has 0 saturated heterocycles. The van der Waals surface area contributed by atoms with Gasteiger partial charge in [-0.2, -0.15) is 11.8 Å². The number of thioether (sulfide) groups is 1. The van der Waals surface area contributed by atoms with E-state index in [9.17, 15) is 5.11 Å². The van der Waals surface area contributed by atoms with Gasteiger partial charge in [-0.1, -0.05) is 6.42 Å². The molecule has 1 fully saturated rings. The summed E-state index contributed by atoms with van der Waals surface area (Å²) in [4.78, 5) is 2.41. The minimum atomic E-state index is -0.0415. The highest BCUT2D eigenvalue weighted by Gasteiger charge is 2.26. The molecule has 1 saturated carbocycles. The van der Waals surface area contributed by atoms with Gasteiger partial charge < -0.3 is 10.0 Å². The molecule has 0 aliphatic heterocycles. The van der Waals surface area contributed by atoms with E-state index in [1.165, 1.54) is 25.0 Å². The Morgan fingerprint density at radius 2 is 2.20 bits per heavy atom. The fourth-order valence-electron chi connectivity index (χ4n) is 2.29. The van der Waals surface area contributed by atoms with E-state index < -0.39 is 0 Å². The van der Waals surface area contributed by atoms with Crippen LogP contribution in [0.1, 0.15) is 32.6 Å². The summed E-state index contributed by atoms with van der Waals surface area (Å²) < 4.78 is 0. The summed E-state index contributed by atoms with van der Waals surface area (Å²) in [5, 5.41) is 9.76. The fourth-order valence-corrected chi connectivity index (χ4v) is 2.87. The van der Waals surface area contributed by atoms with Gasteiger partial charge in [0.1, 0.15) is 0 Å². The molecule has 0 aromatic carbocycles. The SMILES string of the molecule is CSCCC(C)N(C)CC1CCCC1O. The quantitative estimate of drug-likeness (QED) is 0.758. The van der Waals surface area contributed by atoms with E-state index in [2.05, 4.69) is 25.1 Å². The molecule has 0 spiro atoms. The van der Waals surface area contributed by atoms with Crippen molar-refractivity contribution in [2.45, 2.75) is 44.8 Å². The minimum Gasteiger partial charge on any atom is -0.393 e. The molecule has 15 heavy (non-hydrogen) atoms. The van der Waals surface area contributed by atoms with Crippen LogP contribution < -0.4 is 0 Å². The van der Waals surface area contributed by atoms with Crippen LogP contribution in [0.3, 0.4) is 0 Å². The van der Waals surface area contributed by atoms with Crippen LogP contribution in [0.2, 0.25) is 0 Å². The third-order valence-corrected chi connectivity index (χ3v) is 4.28. The minimum absolute atomic E-state index is 0.0415. The Kier molecular flexibility index (Phi) is 6.02. The maximum Gasteiger partial charge on any atom is 0.0580 e. The van der Waals surface area contributed by atoms with Crippen LogP contribution in [-0.4, -0.2) is 47.8 Å². The molecule has 1 aliphatic carbocycles. The highest BCUT2D eigenvalue weighted by Crippen LogP contribution is 2.26. The van der Waals surface area contributed by atoms with Crippen LogP contribution in [0.15, 0.2) is 0 Å². The number of hydrogen-bond acceptors (Lipinski definition) is 3. The molecule has 1 rings (SSSR count). The first-order valence-electron chi connectivity index (χ1n) is 6.02. The standard InChI is InChI=1S/C12H25NOS/c1-10(7-8-15-3)13(2)9-11-5-4-6-12(11)14/h10-12,14H,4-9H2,1-3H3. The average molecular weight is 231 g/mol. The molecule has 2 nitrogen and oxygen atoms in total. The lowest BCUT2D eigenvalue weighted by Gasteiger charge is -2.28. The zero-order valence-corrected chi connectivity index (χ0v) is 11.1. The van der Waals surface area contributed by atoms with Gasteiger partial charge in [-0.3, -0.25) is 0 Å². The molecule has 0 radical (unpaired) electrons. The Labute approximate surface area is 98.4 Å². The summed E-state index contributed by atoms with van der Waals surface area (Å²) in [7, 11) is 2.19. The van der Waals surface area contributed by atoms with Gasteiger partial charge in [0.25, 0.3) is 0 Å². The lowest BCUT2D eigenvalue weighted by atomic mass is 10.0. The molecule has 0 aromatic heterocycles. The molecule has 0 amide bonds. The number of nitrogens with zero attached hydrogens (tertiary/aromatic N) is 1. The molecule has 3 heteroatoms. The van der Waals surface area contributed by atoms with Crippen molar-refractivity contribution >= 4 is 11.8 Å². The Hall–Kier alpha value is 0.270. The topological polar surface area (TPSA) is 23.5 Å². The highest BCUT2D eigenvalue weighted by atomic mass is 32.2. The maximum atomic E-state index is 9.76. The summed E-state index contributed by atoms with van der Waals surface area (Å²) in [6.45, 7) is 3.36. The molecular formula is C12H25NOS. The van der Waals surface area contributed by atoms with Crippen LogP contribution in [-0.2, 0) is 0 Å². The molecule has 90 valence electrons. The zero-order valence-electron chi connectivity index (χ0n) is 10.3. The molecule has 3 unspecified atom stereocenters. The van der Waals surface area contributed by atoms with Crippen molar-refractivity contribution in [2.75, 3.05) is 25.6 Å². The van der Waals surface area contributed by atoms with Gasteiger partial charge in [0.05, 0.1) is 6.10 Å². The summed E-state index contributed by atoms with van der Waals surface area (Å²) in [5.74, 6) is 1.75. The van der Waals surface area contributed by atoms with E-state index in [1.54, 1.807) is 0 Å². The second-order valence-electron chi connectivity index (χ2n) is 4.83.